The predicted octanol–water partition coefficient (Wildman–Crippen LogP) is 2.89. The normalized spacial score (nSPS) is 9.96. The second-order valence-electron chi connectivity index (χ2n) is 5.52. The predicted molar refractivity (Wildman–Crippen MR) is 113 cm³/mol. The van der Waals surface area contributed by atoms with E-state index in [9.17, 15) is 9.59 Å². The summed E-state index contributed by atoms with van der Waals surface area (Å²) in [5.74, 6) is -0.0439. The molecule has 148 valence electrons. The van der Waals surface area contributed by atoms with Gasteiger partial charge in [0.2, 0.25) is 0 Å². The van der Waals surface area contributed by atoms with Crippen molar-refractivity contribution < 1.29 is 19.1 Å². The second kappa shape index (κ2) is 10.8. The molecule has 0 fully saturated rings. The van der Waals surface area contributed by atoms with E-state index in [1.807, 2.05) is 19.1 Å². The van der Waals surface area contributed by atoms with E-state index in [2.05, 4.69) is 32.1 Å². The van der Waals surface area contributed by atoms with Gasteiger partial charge in [-0.2, -0.15) is 0 Å². The highest BCUT2D eigenvalue weighted by Gasteiger charge is 2.09. The molecular weight excluding hydrogens is 470 g/mol. The lowest BCUT2D eigenvalue weighted by atomic mass is 10.2. The maximum absolute atomic E-state index is 11.8. The standard InChI is InChI=1S/C18H17BrClN3O4S/c1-11-2-5-13(6-3-11)26-10-17(25)22-23-18(28)21-16(24)9-27-15-7-4-12(19)8-14(15)20/h2-8H,9-10H2,1H3,(H,22,25)(H2,21,23,24,28). The number of hydrogen-bond acceptors (Lipinski definition) is 5. The number of nitrogens with one attached hydrogen (secondary N) is 3. The lowest BCUT2D eigenvalue weighted by Crippen LogP contribution is -2.50. The molecule has 0 radical (unpaired) electrons. The van der Waals surface area contributed by atoms with Crippen LogP contribution in [0.5, 0.6) is 11.5 Å². The quantitative estimate of drug-likeness (QED) is 0.430. The Hall–Kier alpha value is -2.36. The van der Waals surface area contributed by atoms with Gasteiger partial charge in [-0.25, -0.2) is 0 Å². The highest BCUT2D eigenvalue weighted by Crippen LogP contribution is 2.27. The van der Waals surface area contributed by atoms with Crippen molar-refractivity contribution in [2.75, 3.05) is 13.2 Å². The Balaban J connectivity index is 1.66. The van der Waals surface area contributed by atoms with Gasteiger partial charge in [-0.1, -0.05) is 45.2 Å². The van der Waals surface area contributed by atoms with Gasteiger partial charge < -0.3 is 9.47 Å². The highest BCUT2D eigenvalue weighted by molar-refractivity contribution is 9.10. The molecule has 0 saturated heterocycles. The Bertz CT molecular complexity index is 864. The van der Waals surface area contributed by atoms with Crippen LogP contribution in [0.4, 0.5) is 0 Å². The van der Waals surface area contributed by atoms with Gasteiger partial charge in [0, 0.05) is 4.47 Å². The van der Waals surface area contributed by atoms with Crippen LogP contribution < -0.4 is 25.6 Å². The van der Waals surface area contributed by atoms with E-state index in [0.717, 1.165) is 10.0 Å². The molecule has 2 aromatic rings. The van der Waals surface area contributed by atoms with Crippen molar-refractivity contribution in [1.29, 1.82) is 0 Å². The summed E-state index contributed by atoms with van der Waals surface area (Å²) < 4.78 is 11.4. The summed E-state index contributed by atoms with van der Waals surface area (Å²) in [6.45, 7) is 1.44. The van der Waals surface area contributed by atoms with Gasteiger partial charge in [-0.15, -0.1) is 0 Å². The first-order valence-corrected chi connectivity index (χ1v) is 9.57. The molecule has 0 atom stereocenters. The number of aryl methyl sites for hydroxylation is 1. The average molecular weight is 487 g/mol. The zero-order valence-electron chi connectivity index (χ0n) is 14.8. The fraction of sp³-hybridized carbons (Fsp3) is 0.167. The number of thiocarbonyl (C=S) groups is 1. The maximum Gasteiger partial charge on any atom is 0.276 e. The molecule has 2 amide bonds. The average Bonchev–Trinajstić information content (AvgIpc) is 2.65. The van der Waals surface area contributed by atoms with E-state index in [1.54, 1.807) is 30.3 Å². The molecule has 2 rings (SSSR count). The Morgan fingerprint density at radius 2 is 1.71 bits per heavy atom. The molecule has 0 unspecified atom stereocenters. The van der Waals surface area contributed by atoms with Crippen LogP contribution in [-0.2, 0) is 9.59 Å². The summed E-state index contributed by atoms with van der Waals surface area (Å²) in [4.78, 5) is 23.6. The Morgan fingerprint density at radius 1 is 1.04 bits per heavy atom. The third kappa shape index (κ3) is 7.71. The molecule has 0 aromatic heterocycles. The van der Waals surface area contributed by atoms with E-state index in [1.165, 1.54) is 0 Å². The minimum Gasteiger partial charge on any atom is -0.484 e. The SMILES string of the molecule is Cc1ccc(OCC(=O)NNC(=S)NC(=O)COc2ccc(Br)cc2Cl)cc1. The van der Waals surface area contributed by atoms with Crippen molar-refractivity contribution in [3.05, 3.63) is 57.5 Å². The van der Waals surface area contributed by atoms with Gasteiger partial charge in [0.25, 0.3) is 11.8 Å². The minimum atomic E-state index is -0.512. The number of hydrazine groups is 1. The van der Waals surface area contributed by atoms with Crippen molar-refractivity contribution >= 4 is 56.7 Å². The largest absolute Gasteiger partial charge is 0.484 e. The number of amides is 2. The van der Waals surface area contributed by atoms with Crippen molar-refractivity contribution in [3.63, 3.8) is 0 Å². The highest BCUT2D eigenvalue weighted by atomic mass is 79.9. The number of carbonyl (C=O) groups is 2. The van der Waals surface area contributed by atoms with Crippen molar-refractivity contribution in [1.82, 2.24) is 16.2 Å². The Labute approximate surface area is 180 Å². The summed E-state index contributed by atoms with van der Waals surface area (Å²) in [6.07, 6.45) is 0. The van der Waals surface area contributed by atoms with Gasteiger partial charge in [0.05, 0.1) is 5.02 Å². The van der Waals surface area contributed by atoms with Gasteiger partial charge in [-0.3, -0.25) is 25.8 Å². The van der Waals surface area contributed by atoms with Gasteiger partial charge in [0.1, 0.15) is 11.5 Å². The molecule has 0 aliphatic heterocycles. The van der Waals surface area contributed by atoms with E-state index in [0.29, 0.717) is 16.5 Å². The van der Waals surface area contributed by atoms with Crippen LogP contribution in [0, 0.1) is 6.92 Å². The Morgan fingerprint density at radius 3 is 2.39 bits per heavy atom. The molecule has 10 heteroatoms. The van der Waals surface area contributed by atoms with Crippen LogP contribution >= 0.6 is 39.7 Å². The van der Waals surface area contributed by atoms with Crippen LogP contribution in [0.25, 0.3) is 0 Å². The number of carbonyl (C=O) groups excluding carboxylic acids is 2. The third-order valence-electron chi connectivity index (χ3n) is 3.21. The van der Waals surface area contributed by atoms with Gasteiger partial charge >= 0.3 is 0 Å². The van der Waals surface area contributed by atoms with Crippen molar-refractivity contribution in [2.24, 2.45) is 0 Å². The first-order valence-electron chi connectivity index (χ1n) is 7.99. The molecule has 2 aromatic carbocycles. The summed E-state index contributed by atoms with van der Waals surface area (Å²) in [6, 6.07) is 12.3. The number of hydrogen-bond donors (Lipinski definition) is 3. The van der Waals surface area contributed by atoms with Crippen molar-refractivity contribution in [3.8, 4) is 11.5 Å². The minimum absolute atomic E-state index is 0.0841. The molecule has 7 nitrogen and oxygen atoms in total. The molecule has 0 bridgehead atoms. The zero-order valence-corrected chi connectivity index (χ0v) is 17.9. The summed E-state index contributed by atoms with van der Waals surface area (Å²) in [7, 11) is 0. The lowest BCUT2D eigenvalue weighted by Gasteiger charge is -2.12. The number of ether oxygens (including phenoxy) is 2. The number of halogens is 2. The van der Waals surface area contributed by atoms with E-state index in [-0.39, 0.29) is 18.3 Å². The van der Waals surface area contributed by atoms with Crippen LogP contribution in [0.2, 0.25) is 5.02 Å². The smallest absolute Gasteiger partial charge is 0.276 e. The summed E-state index contributed by atoms with van der Waals surface area (Å²) >= 11 is 14.2. The van der Waals surface area contributed by atoms with E-state index >= 15 is 0 Å². The monoisotopic (exact) mass is 485 g/mol. The second-order valence-corrected chi connectivity index (χ2v) is 7.25. The summed E-state index contributed by atoms with van der Waals surface area (Å²) in [5.41, 5.74) is 5.82. The lowest BCUT2D eigenvalue weighted by molar-refractivity contribution is -0.124. The molecule has 28 heavy (non-hydrogen) atoms. The molecule has 0 heterocycles. The first kappa shape index (κ1) is 21.9. The molecular formula is C18H17BrClN3O4S. The Kier molecular flexibility index (Phi) is 8.49. The molecule has 0 aliphatic carbocycles. The summed E-state index contributed by atoms with van der Waals surface area (Å²) in [5, 5.41) is 2.65. The van der Waals surface area contributed by atoms with Crippen LogP contribution in [0.3, 0.4) is 0 Å². The van der Waals surface area contributed by atoms with Crippen LogP contribution in [-0.4, -0.2) is 30.1 Å². The van der Waals surface area contributed by atoms with Crippen LogP contribution in [0.15, 0.2) is 46.9 Å². The van der Waals surface area contributed by atoms with E-state index < -0.39 is 11.8 Å². The molecule has 0 aliphatic rings. The third-order valence-corrected chi connectivity index (χ3v) is 4.20. The zero-order chi connectivity index (χ0) is 20.5. The first-order chi connectivity index (χ1) is 13.3. The van der Waals surface area contributed by atoms with E-state index in [4.69, 9.17) is 33.3 Å². The maximum atomic E-state index is 11.8. The molecule has 0 spiro atoms. The van der Waals surface area contributed by atoms with Crippen LogP contribution in [0.1, 0.15) is 5.56 Å². The number of benzene rings is 2. The molecule has 0 saturated carbocycles. The fourth-order valence-electron chi connectivity index (χ4n) is 1.88. The fourth-order valence-corrected chi connectivity index (χ4v) is 2.77. The molecule has 3 N–H and O–H groups in total. The van der Waals surface area contributed by atoms with Crippen molar-refractivity contribution in [2.45, 2.75) is 6.92 Å². The van der Waals surface area contributed by atoms with Gasteiger partial charge in [-0.05, 0) is 49.5 Å². The topological polar surface area (TPSA) is 88.7 Å². The van der Waals surface area contributed by atoms with Gasteiger partial charge in [0.15, 0.2) is 18.3 Å². The number of rotatable bonds is 6.